The van der Waals surface area contributed by atoms with E-state index in [1.165, 1.54) is 14.2 Å². The molecule has 0 N–H and O–H groups in total. The number of carbonyl (C=O) groups is 2. The fourth-order valence-corrected chi connectivity index (χ4v) is 1.59. The van der Waals surface area contributed by atoms with Crippen LogP contribution in [0.5, 0.6) is 0 Å². The van der Waals surface area contributed by atoms with Crippen LogP contribution in [0, 0.1) is 0 Å². The zero-order chi connectivity index (χ0) is 15.2. The molecule has 0 radical (unpaired) electrons. The number of halogens is 2. The Labute approximate surface area is 114 Å². The summed E-state index contributed by atoms with van der Waals surface area (Å²) in [7, 11) is 2.52. The molecular weight excluding hydrogens is 282 g/mol. The van der Waals surface area contributed by atoms with Crippen molar-refractivity contribution in [2.75, 3.05) is 40.6 Å². The Balaban J connectivity index is 2.55. The molecule has 0 spiro atoms. The van der Waals surface area contributed by atoms with Crippen LogP contribution < -0.4 is 0 Å². The van der Waals surface area contributed by atoms with Crippen molar-refractivity contribution in [1.29, 1.82) is 0 Å². The summed E-state index contributed by atoms with van der Waals surface area (Å²) in [4.78, 5) is 22.3. The van der Waals surface area contributed by atoms with E-state index in [2.05, 4.69) is 18.9 Å². The van der Waals surface area contributed by atoms with Gasteiger partial charge in [0.15, 0.2) is 6.10 Å². The first-order chi connectivity index (χ1) is 9.40. The molecule has 0 aromatic rings. The van der Waals surface area contributed by atoms with Gasteiger partial charge in [-0.1, -0.05) is 0 Å². The van der Waals surface area contributed by atoms with Gasteiger partial charge in [0, 0.05) is 14.2 Å². The lowest BCUT2D eigenvalue weighted by Crippen LogP contribution is -2.42. The van der Waals surface area contributed by atoms with Crippen LogP contribution in [-0.4, -0.2) is 70.7 Å². The third-order valence-electron chi connectivity index (χ3n) is 2.44. The molecular formula is C11H16F2O7. The Morgan fingerprint density at radius 1 is 1.20 bits per heavy atom. The molecule has 7 nitrogen and oxygen atoms in total. The summed E-state index contributed by atoms with van der Waals surface area (Å²) < 4.78 is 50.2. The molecule has 116 valence electrons. The average molecular weight is 298 g/mol. The Morgan fingerprint density at radius 2 is 1.80 bits per heavy atom. The SMILES string of the molecule is COCC(=O)OCC1OCC(F)(F)C1OC(=O)COC. The van der Waals surface area contributed by atoms with E-state index in [0.29, 0.717) is 0 Å². The minimum Gasteiger partial charge on any atom is -0.461 e. The van der Waals surface area contributed by atoms with Crippen LogP contribution in [0.15, 0.2) is 0 Å². The number of methoxy groups -OCH3 is 2. The summed E-state index contributed by atoms with van der Waals surface area (Å²) >= 11 is 0. The highest BCUT2D eigenvalue weighted by Gasteiger charge is 2.54. The summed E-state index contributed by atoms with van der Waals surface area (Å²) in [5.41, 5.74) is 0. The number of hydrogen-bond acceptors (Lipinski definition) is 7. The Bertz CT molecular complexity index is 348. The van der Waals surface area contributed by atoms with Crippen molar-refractivity contribution in [2.45, 2.75) is 18.1 Å². The maximum absolute atomic E-state index is 13.5. The van der Waals surface area contributed by atoms with Gasteiger partial charge < -0.3 is 23.7 Å². The maximum Gasteiger partial charge on any atom is 0.332 e. The summed E-state index contributed by atoms with van der Waals surface area (Å²) in [6.07, 6.45) is -3.05. The second kappa shape index (κ2) is 7.46. The van der Waals surface area contributed by atoms with Gasteiger partial charge in [-0.15, -0.1) is 0 Å². The van der Waals surface area contributed by atoms with Crippen molar-refractivity contribution in [1.82, 2.24) is 0 Å². The lowest BCUT2D eigenvalue weighted by Gasteiger charge is -2.22. The van der Waals surface area contributed by atoms with Crippen molar-refractivity contribution < 1.29 is 42.1 Å². The number of ether oxygens (including phenoxy) is 5. The van der Waals surface area contributed by atoms with Crippen molar-refractivity contribution in [3.8, 4) is 0 Å². The Morgan fingerprint density at radius 3 is 2.40 bits per heavy atom. The van der Waals surface area contributed by atoms with Crippen molar-refractivity contribution in [3.63, 3.8) is 0 Å². The van der Waals surface area contributed by atoms with Gasteiger partial charge >= 0.3 is 17.9 Å². The molecule has 1 rings (SSSR count). The second-order valence-corrected chi connectivity index (χ2v) is 4.07. The Kier molecular flexibility index (Phi) is 6.24. The zero-order valence-corrected chi connectivity index (χ0v) is 11.1. The van der Waals surface area contributed by atoms with Crippen molar-refractivity contribution >= 4 is 11.9 Å². The van der Waals surface area contributed by atoms with E-state index in [4.69, 9.17) is 4.74 Å². The molecule has 0 bridgehead atoms. The largest absolute Gasteiger partial charge is 0.461 e. The topological polar surface area (TPSA) is 80.3 Å². The molecule has 1 fully saturated rings. The van der Waals surface area contributed by atoms with Crippen LogP contribution in [0.2, 0.25) is 0 Å². The number of carbonyl (C=O) groups excluding carboxylic acids is 2. The molecule has 1 saturated heterocycles. The maximum atomic E-state index is 13.5. The third kappa shape index (κ3) is 4.66. The summed E-state index contributed by atoms with van der Waals surface area (Å²) in [5, 5.41) is 0. The molecule has 1 heterocycles. The standard InChI is InChI=1S/C11H16F2O7/c1-16-4-8(14)18-3-7-10(11(12,13)6-19-7)20-9(15)5-17-2/h7,10H,3-6H2,1-2H3. The van der Waals surface area contributed by atoms with Crippen LogP contribution in [0.25, 0.3) is 0 Å². The van der Waals surface area contributed by atoms with Gasteiger partial charge in [0.1, 0.15) is 32.5 Å². The number of alkyl halides is 2. The average Bonchev–Trinajstić information content (AvgIpc) is 2.64. The van der Waals surface area contributed by atoms with E-state index in [1.54, 1.807) is 0 Å². The van der Waals surface area contributed by atoms with Gasteiger partial charge in [-0.3, -0.25) is 0 Å². The molecule has 2 atom stereocenters. The number of hydrogen-bond donors (Lipinski definition) is 0. The Hall–Kier alpha value is -1.32. The van der Waals surface area contributed by atoms with E-state index < -0.39 is 49.9 Å². The molecule has 20 heavy (non-hydrogen) atoms. The van der Waals surface area contributed by atoms with Crippen LogP contribution in [0.3, 0.4) is 0 Å². The van der Waals surface area contributed by atoms with Gasteiger partial charge in [-0.05, 0) is 0 Å². The van der Waals surface area contributed by atoms with Gasteiger partial charge in [-0.2, -0.15) is 8.78 Å². The lowest BCUT2D eigenvalue weighted by molar-refractivity contribution is -0.174. The molecule has 0 aliphatic carbocycles. The summed E-state index contributed by atoms with van der Waals surface area (Å²) in [5.74, 6) is -5.02. The van der Waals surface area contributed by atoms with E-state index in [0.717, 1.165) is 0 Å². The molecule has 1 aliphatic rings. The predicted molar refractivity (Wildman–Crippen MR) is 59.3 cm³/mol. The second-order valence-electron chi connectivity index (χ2n) is 4.07. The molecule has 0 aromatic heterocycles. The summed E-state index contributed by atoms with van der Waals surface area (Å²) in [6, 6.07) is 0. The van der Waals surface area contributed by atoms with Crippen LogP contribution in [-0.2, 0) is 33.3 Å². The first-order valence-electron chi connectivity index (χ1n) is 5.73. The van der Waals surface area contributed by atoms with Crippen LogP contribution in [0.1, 0.15) is 0 Å². The minimum absolute atomic E-state index is 0.308. The normalized spacial score (nSPS) is 24.4. The summed E-state index contributed by atoms with van der Waals surface area (Å²) in [6.45, 7) is -2.13. The van der Waals surface area contributed by atoms with E-state index in [1.807, 2.05) is 0 Å². The van der Waals surface area contributed by atoms with Crippen molar-refractivity contribution in [3.05, 3.63) is 0 Å². The van der Waals surface area contributed by atoms with E-state index >= 15 is 0 Å². The molecule has 9 heteroatoms. The van der Waals surface area contributed by atoms with Gasteiger partial charge in [0.05, 0.1) is 0 Å². The first-order valence-corrected chi connectivity index (χ1v) is 5.73. The zero-order valence-electron chi connectivity index (χ0n) is 11.1. The van der Waals surface area contributed by atoms with Gasteiger partial charge in [-0.25, -0.2) is 9.59 Å². The van der Waals surface area contributed by atoms with Crippen LogP contribution in [0.4, 0.5) is 8.78 Å². The van der Waals surface area contributed by atoms with Gasteiger partial charge in [0.25, 0.3) is 0 Å². The number of rotatable bonds is 7. The monoisotopic (exact) mass is 298 g/mol. The fraction of sp³-hybridized carbons (Fsp3) is 0.818. The van der Waals surface area contributed by atoms with Crippen molar-refractivity contribution in [2.24, 2.45) is 0 Å². The molecule has 0 amide bonds. The highest BCUT2D eigenvalue weighted by molar-refractivity contribution is 5.71. The van der Waals surface area contributed by atoms with E-state index in [9.17, 15) is 18.4 Å². The molecule has 2 unspecified atom stereocenters. The molecule has 0 saturated carbocycles. The van der Waals surface area contributed by atoms with E-state index in [-0.39, 0.29) is 6.61 Å². The number of esters is 2. The minimum atomic E-state index is -3.35. The molecule has 1 aliphatic heterocycles. The van der Waals surface area contributed by atoms with Gasteiger partial charge in [0.2, 0.25) is 0 Å². The first kappa shape index (κ1) is 16.7. The smallest absolute Gasteiger partial charge is 0.332 e. The highest BCUT2D eigenvalue weighted by Crippen LogP contribution is 2.32. The highest BCUT2D eigenvalue weighted by atomic mass is 19.3. The lowest BCUT2D eigenvalue weighted by atomic mass is 10.1. The fourth-order valence-electron chi connectivity index (χ4n) is 1.59. The molecule has 0 aromatic carbocycles. The van der Waals surface area contributed by atoms with Crippen LogP contribution >= 0.6 is 0 Å². The quantitative estimate of drug-likeness (QED) is 0.600. The third-order valence-corrected chi connectivity index (χ3v) is 2.44. The predicted octanol–water partition coefficient (Wildman–Crippen LogP) is -0.232.